The van der Waals surface area contributed by atoms with Crippen LogP contribution in [0.25, 0.3) is 10.9 Å². The van der Waals surface area contributed by atoms with Crippen molar-refractivity contribution in [2.24, 2.45) is 11.8 Å². The number of nitrogens with one attached hydrogen (secondary N) is 1. The fraction of sp³-hybridized carbons (Fsp3) is 0.483. The van der Waals surface area contributed by atoms with Crippen LogP contribution in [0.3, 0.4) is 0 Å². The lowest BCUT2D eigenvalue weighted by atomic mass is 9.46. The number of rotatable bonds is 7. The largest absolute Gasteiger partial charge is 0.493 e. The van der Waals surface area contributed by atoms with E-state index in [2.05, 4.69) is 37.9 Å². The van der Waals surface area contributed by atoms with Crippen LogP contribution in [0.5, 0.6) is 23.0 Å². The van der Waals surface area contributed by atoms with Crippen molar-refractivity contribution in [3.63, 3.8) is 0 Å². The molecule has 1 aliphatic heterocycles. The number of pyridine rings is 1. The van der Waals surface area contributed by atoms with Crippen molar-refractivity contribution < 1.29 is 18.9 Å². The van der Waals surface area contributed by atoms with Gasteiger partial charge in [-0.05, 0) is 61.9 Å². The van der Waals surface area contributed by atoms with E-state index in [-0.39, 0.29) is 23.3 Å². The second kappa shape index (κ2) is 8.81. The van der Waals surface area contributed by atoms with Gasteiger partial charge in [0.15, 0.2) is 11.5 Å². The molecule has 186 valence electrons. The van der Waals surface area contributed by atoms with Crippen LogP contribution >= 0.6 is 0 Å². The molecule has 0 spiro atoms. The normalized spacial score (nSPS) is 24.1. The van der Waals surface area contributed by atoms with Gasteiger partial charge in [0.1, 0.15) is 11.4 Å². The highest BCUT2D eigenvalue weighted by Crippen LogP contribution is 2.67. The predicted octanol–water partition coefficient (Wildman–Crippen LogP) is 6.03. The molecule has 1 aliphatic carbocycles. The third-order valence-electron chi connectivity index (χ3n) is 8.07. The van der Waals surface area contributed by atoms with Gasteiger partial charge in [-0.1, -0.05) is 31.9 Å². The van der Waals surface area contributed by atoms with Gasteiger partial charge in [0, 0.05) is 17.2 Å². The first-order chi connectivity index (χ1) is 16.9. The second-order valence-electron chi connectivity index (χ2n) is 10.3. The number of hydrogen-bond acceptors (Lipinski definition) is 5. The number of ether oxygens (including phenoxy) is 4. The zero-order valence-electron chi connectivity index (χ0n) is 21.4. The number of fused-ring (bicyclic) bond motifs is 5. The van der Waals surface area contributed by atoms with E-state index in [0.29, 0.717) is 23.2 Å². The van der Waals surface area contributed by atoms with Crippen molar-refractivity contribution in [3.05, 3.63) is 57.9 Å². The van der Waals surface area contributed by atoms with Gasteiger partial charge < -0.3 is 23.9 Å². The molecule has 0 amide bonds. The van der Waals surface area contributed by atoms with E-state index in [1.54, 1.807) is 21.3 Å². The summed E-state index contributed by atoms with van der Waals surface area (Å²) in [6.45, 7) is 6.57. The van der Waals surface area contributed by atoms with Gasteiger partial charge >= 0.3 is 0 Å². The third kappa shape index (κ3) is 3.57. The molecule has 2 aromatic carbocycles. The third-order valence-corrected chi connectivity index (χ3v) is 8.07. The van der Waals surface area contributed by atoms with E-state index in [4.69, 9.17) is 18.9 Å². The molecule has 4 atom stereocenters. The van der Waals surface area contributed by atoms with Crippen molar-refractivity contribution in [1.29, 1.82) is 0 Å². The molecule has 1 saturated carbocycles. The number of unbranched alkanes of at least 4 members (excludes halogenated alkanes) is 1. The first-order valence-corrected chi connectivity index (χ1v) is 12.5. The molecule has 1 N–H and O–H groups in total. The van der Waals surface area contributed by atoms with Crippen molar-refractivity contribution >= 4 is 10.9 Å². The number of methoxy groups -OCH3 is 3. The van der Waals surface area contributed by atoms with Crippen LogP contribution in [0.15, 0.2) is 41.2 Å². The van der Waals surface area contributed by atoms with Crippen molar-refractivity contribution in [2.75, 3.05) is 21.3 Å². The summed E-state index contributed by atoms with van der Waals surface area (Å²) in [5, 5.41) is 0.953. The lowest BCUT2D eigenvalue weighted by molar-refractivity contribution is -0.0922. The Morgan fingerprint density at radius 1 is 1.00 bits per heavy atom. The predicted molar refractivity (Wildman–Crippen MR) is 137 cm³/mol. The zero-order chi connectivity index (χ0) is 24.9. The Labute approximate surface area is 206 Å². The molecule has 1 fully saturated rings. The first-order valence-electron chi connectivity index (χ1n) is 12.5. The number of benzene rings is 2. The van der Waals surface area contributed by atoms with Gasteiger partial charge in [0.2, 0.25) is 5.75 Å². The van der Waals surface area contributed by atoms with E-state index < -0.39 is 5.60 Å². The van der Waals surface area contributed by atoms with E-state index >= 15 is 0 Å². The summed E-state index contributed by atoms with van der Waals surface area (Å²) in [6.07, 6.45) is 3.33. The van der Waals surface area contributed by atoms with Gasteiger partial charge in [-0.15, -0.1) is 0 Å². The van der Waals surface area contributed by atoms with Crippen LogP contribution in [0, 0.1) is 11.8 Å². The fourth-order valence-electron chi connectivity index (χ4n) is 6.66. The Hall–Kier alpha value is -3.15. The van der Waals surface area contributed by atoms with Crippen LogP contribution in [-0.4, -0.2) is 31.9 Å². The standard InChI is InChI=1S/C29H35NO5/c1-7-8-11-18-22(16-14-20(32-4)27(34-6)21(15-16)33-5)23-24-26(35-29(2,3)25(18)23)17-12-9-10-13-19(17)30-28(24)31/h9-10,12-15,18,22-23,25H,7-8,11H2,1-6H3,(H,30,31)/t18-,22-,23+,25+/m1/s1. The van der Waals surface area contributed by atoms with Gasteiger partial charge in [-0.25, -0.2) is 0 Å². The summed E-state index contributed by atoms with van der Waals surface area (Å²) in [5.41, 5.74) is 2.22. The quantitative estimate of drug-likeness (QED) is 0.450. The van der Waals surface area contributed by atoms with E-state index in [0.717, 1.165) is 47.0 Å². The molecule has 2 heterocycles. The van der Waals surface area contributed by atoms with Crippen LogP contribution in [-0.2, 0) is 0 Å². The maximum Gasteiger partial charge on any atom is 0.255 e. The van der Waals surface area contributed by atoms with Crippen molar-refractivity contribution in [1.82, 2.24) is 4.98 Å². The number of hydrogen-bond donors (Lipinski definition) is 1. The molecule has 3 aromatic rings. The highest BCUT2D eigenvalue weighted by Gasteiger charge is 2.61. The molecule has 6 heteroatoms. The number of H-pyrrole nitrogens is 1. The Morgan fingerprint density at radius 2 is 1.69 bits per heavy atom. The summed E-state index contributed by atoms with van der Waals surface area (Å²) in [6, 6.07) is 12.0. The Bertz CT molecular complexity index is 1290. The molecule has 1 aromatic heterocycles. The highest BCUT2D eigenvalue weighted by molar-refractivity contribution is 5.87. The summed E-state index contributed by atoms with van der Waals surface area (Å²) < 4.78 is 23.6. The summed E-state index contributed by atoms with van der Waals surface area (Å²) in [7, 11) is 4.90. The average molecular weight is 478 g/mol. The molecular formula is C29H35NO5. The van der Waals surface area contributed by atoms with Crippen LogP contribution < -0.4 is 24.5 Å². The van der Waals surface area contributed by atoms with Gasteiger partial charge in [-0.2, -0.15) is 0 Å². The summed E-state index contributed by atoms with van der Waals surface area (Å²) in [4.78, 5) is 16.6. The molecule has 5 rings (SSSR count). The number of para-hydroxylation sites is 1. The van der Waals surface area contributed by atoms with Crippen molar-refractivity contribution in [2.45, 2.75) is 57.5 Å². The monoisotopic (exact) mass is 477 g/mol. The lowest BCUT2D eigenvalue weighted by Crippen LogP contribution is -2.59. The Balaban J connectivity index is 1.73. The molecule has 35 heavy (non-hydrogen) atoms. The SMILES string of the molecule is CCCC[C@@H]1[C@@H](c2cc(OC)c(OC)c(OC)c2)[C@H]2c3c(c4ccccc4[nH]c3=O)OC(C)(C)[C@@H]12. The molecule has 0 bridgehead atoms. The van der Waals surface area contributed by atoms with E-state index in [1.807, 2.05) is 24.3 Å². The zero-order valence-corrected chi connectivity index (χ0v) is 21.4. The fourth-order valence-corrected chi connectivity index (χ4v) is 6.66. The molecule has 0 unspecified atom stereocenters. The highest BCUT2D eigenvalue weighted by atomic mass is 16.5. The summed E-state index contributed by atoms with van der Waals surface area (Å²) >= 11 is 0. The number of aromatic nitrogens is 1. The minimum atomic E-state index is -0.399. The average Bonchev–Trinajstić information content (AvgIpc) is 2.83. The summed E-state index contributed by atoms with van der Waals surface area (Å²) in [5.74, 6) is 3.36. The first kappa shape index (κ1) is 23.6. The molecular weight excluding hydrogens is 442 g/mol. The number of aromatic amines is 1. The van der Waals surface area contributed by atoms with E-state index in [1.165, 1.54) is 0 Å². The molecule has 0 saturated heterocycles. The van der Waals surface area contributed by atoms with Gasteiger partial charge in [-0.3, -0.25) is 4.79 Å². The maximum atomic E-state index is 13.5. The van der Waals surface area contributed by atoms with Crippen LogP contribution in [0.4, 0.5) is 0 Å². The minimum Gasteiger partial charge on any atom is -0.493 e. The molecule has 6 nitrogen and oxygen atoms in total. The smallest absolute Gasteiger partial charge is 0.255 e. The Kier molecular flexibility index (Phi) is 5.94. The van der Waals surface area contributed by atoms with Crippen LogP contribution in [0.2, 0.25) is 0 Å². The van der Waals surface area contributed by atoms with Gasteiger partial charge in [0.05, 0.1) is 32.4 Å². The van der Waals surface area contributed by atoms with Crippen molar-refractivity contribution in [3.8, 4) is 23.0 Å². The Morgan fingerprint density at radius 3 is 2.31 bits per heavy atom. The maximum absolute atomic E-state index is 13.5. The molecule has 2 aliphatic rings. The minimum absolute atomic E-state index is 0.0340. The molecule has 0 radical (unpaired) electrons. The topological polar surface area (TPSA) is 69.8 Å². The van der Waals surface area contributed by atoms with Crippen LogP contribution in [0.1, 0.15) is 63.0 Å². The lowest BCUT2D eigenvalue weighted by Gasteiger charge is -2.61. The second-order valence-corrected chi connectivity index (χ2v) is 10.3. The van der Waals surface area contributed by atoms with Gasteiger partial charge in [0.25, 0.3) is 5.56 Å². The van der Waals surface area contributed by atoms with E-state index in [9.17, 15) is 4.79 Å².